The van der Waals surface area contributed by atoms with E-state index in [0.29, 0.717) is 10.8 Å². The van der Waals surface area contributed by atoms with Gasteiger partial charge in [0.05, 0.1) is 11.0 Å². The smallest absolute Gasteiger partial charge is 0.295 e. The largest absolute Gasteiger partial charge is 0.489 e. The maximum Gasteiger partial charge on any atom is 0.295 e. The Kier molecular flexibility index (Phi) is 3.87. The first-order valence-corrected chi connectivity index (χ1v) is 5.86. The van der Waals surface area contributed by atoms with Crippen LogP contribution in [0.25, 0.3) is 0 Å². The van der Waals surface area contributed by atoms with E-state index in [2.05, 4.69) is 0 Å². The van der Waals surface area contributed by atoms with Crippen molar-refractivity contribution < 1.29 is 9.66 Å². The van der Waals surface area contributed by atoms with Crippen LogP contribution < -0.4 is 10.5 Å². The monoisotopic (exact) mass is 278 g/mol. The van der Waals surface area contributed by atoms with Gasteiger partial charge >= 0.3 is 0 Å². The number of anilines is 1. The molecule has 5 nitrogen and oxygen atoms in total. The molecule has 2 N–H and O–H groups in total. The van der Waals surface area contributed by atoms with Gasteiger partial charge in [-0.25, -0.2) is 0 Å². The zero-order valence-corrected chi connectivity index (χ0v) is 10.6. The lowest BCUT2D eigenvalue weighted by atomic mass is 10.2. The van der Waals surface area contributed by atoms with Gasteiger partial charge in [-0.2, -0.15) is 0 Å². The zero-order chi connectivity index (χ0) is 13.8. The van der Waals surface area contributed by atoms with Crippen LogP contribution in [0, 0.1) is 10.1 Å². The van der Waals surface area contributed by atoms with Crippen LogP contribution in [-0.2, 0) is 6.61 Å². The normalized spacial score (nSPS) is 10.2. The van der Waals surface area contributed by atoms with Crippen LogP contribution in [0.1, 0.15) is 5.56 Å². The summed E-state index contributed by atoms with van der Waals surface area (Å²) in [6.07, 6.45) is 0. The van der Waals surface area contributed by atoms with Crippen LogP contribution in [0.5, 0.6) is 5.75 Å². The van der Waals surface area contributed by atoms with E-state index in [1.165, 1.54) is 12.1 Å². The van der Waals surface area contributed by atoms with E-state index in [-0.39, 0.29) is 18.0 Å². The van der Waals surface area contributed by atoms with E-state index in [1.807, 2.05) is 18.2 Å². The van der Waals surface area contributed by atoms with E-state index < -0.39 is 4.92 Å². The second-order valence-corrected chi connectivity index (χ2v) is 4.27. The number of halogens is 1. The van der Waals surface area contributed by atoms with Gasteiger partial charge in [0.1, 0.15) is 18.0 Å². The standard InChI is InChI=1S/C13H11ClN2O3/c14-11-4-2-1-3-9(11)8-19-10-5-6-12(15)13(7-10)16(17)18/h1-7H,8,15H2. The molecule has 0 aliphatic rings. The number of nitrogen functional groups attached to an aromatic ring is 1. The summed E-state index contributed by atoms with van der Waals surface area (Å²) in [6, 6.07) is 11.6. The Morgan fingerprint density at radius 3 is 2.68 bits per heavy atom. The summed E-state index contributed by atoms with van der Waals surface area (Å²) < 4.78 is 5.47. The predicted octanol–water partition coefficient (Wildman–Crippen LogP) is 3.41. The van der Waals surface area contributed by atoms with Crippen LogP contribution in [0.2, 0.25) is 5.02 Å². The molecule has 0 unspecified atom stereocenters. The number of nitro benzene ring substituents is 1. The minimum atomic E-state index is -0.544. The molecular weight excluding hydrogens is 268 g/mol. The first-order valence-electron chi connectivity index (χ1n) is 5.48. The highest BCUT2D eigenvalue weighted by Crippen LogP contribution is 2.27. The first-order chi connectivity index (χ1) is 9.08. The highest BCUT2D eigenvalue weighted by Gasteiger charge is 2.12. The molecule has 6 heteroatoms. The number of nitrogens with zero attached hydrogens (tertiary/aromatic N) is 1. The quantitative estimate of drug-likeness (QED) is 0.528. The molecule has 0 bridgehead atoms. The van der Waals surface area contributed by atoms with E-state index in [9.17, 15) is 10.1 Å². The van der Waals surface area contributed by atoms with Crippen LogP contribution >= 0.6 is 11.6 Å². The molecule has 0 saturated heterocycles. The summed E-state index contributed by atoms with van der Waals surface area (Å²) >= 11 is 5.99. The Bertz CT molecular complexity index is 617. The van der Waals surface area contributed by atoms with E-state index in [0.717, 1.165) is 5.56 Å². The number of benzene rings is 2. The predicted molar refractivity (Wildman–Crippen MR) is 73.3 cm³/mol. The number of rotatable bonds is 4. The van der Waals surface area contributed by atoms with Crippen molar-refractivity contribution in [3.05, 3.63) is 63.2 Å². The highest BCUT2D eigenvalue weighted by atomic mass is 35.5. The lowest BCUT2D eigenvalue weighted by Crippen LogP contribution is -1.99. The maximum atomic E-state index is 10.8. The third-order valence-corrected chi connectivity index (χ3v) is 2.92. The molecule has 0 aliphatic carbocycles. The Morgan fingerprint density at radius 2 is 2.00 bits per heavy atom. The third kappa shape index (κ3) is 3.14. The van der Waals surface area contributed by atoms with Gasteiger partial charge in [-0.15, -0.1) is 0 Å². The zero-order valence-electron chi connectivity index (χ0n) is 9.88. The van der Waals surface area contributed by atoms with Gasteiger partial charge < -0.3 is 10.5 Å². The molecule has 2 aromatic rings. The fraction of sp³-hybridized carbons (Fsp3) is 0.0769. The lowest BCUT2D eigenvalue weighted by molar-refractivity contribution is -0.384. The molecule has 0 fully saturated rings. The van der Waals surface area contributed by atoms with Gasteiger partial charge in [0.15, 0.2) is 0 Å². The summed E-state index contributed by atoms with van der Waals surface area (Å²) in [6.45, 7) is 0.237. The summed E-state index contributed by atoms with van der Waals surface area (Å²) in [5.74, 6) is 0.376. The van der Waals surface area contributed by atoms with Crippen LogP contribution in [0.3, 0.4) is 0 Å². The Labute approximate surface area is 114 Å². The topological polar surface area (TPSA) is 78.4 Å². The minimum Gasteiger partial charge on any atom is -0.489 e. The van der Waals surface area contributed by atoms with Crippen LogP contribution in [0.15, 0.2) is 42.5 Å². The van der Waals surface area contributed by atoms with Crippen molar-refractivity contribution in [3.8, 4) is 5.75 Å². The number of hydrogen-bond donors (Lipinski definition) is 1. The van der Waals surface area contributed by atoms with Crippen molar-refractivity contribution in [2.45, 2.75) is 6.61 Å². The minimum absolute atomic E-state index is 0.107. The Balaban J connectivity index is 2.14. The van der Waals surface area contributed by atoms with Gasteiger partial charge in [0.25, 0.3) is 5.69 Å². The molecule has 0 spiro atoms. The van der Waals surface area contributed by atoms with Gasteiger partial charge in [-0.3, -0.25) is 10.1 Å². The van der Waals surface area contributed by atoms with Gasteiger partial charge in [0.2, 0.25) is 0 Å². The number of nitro groups is 1. The SMILES string of the molecule is Nc1ccc(OCc2ccccc2Cl)cc1[N+](=O)[O-]. The fourth-order valence-corrected chi connectivity index (χ4v) is 1.74. The molecular formula is C13H11ClN2O3. The molecule has 0 atom stereocenters. The van der Waals surface area contributed by atoms with Crippen molar-refractivity contribution in [2.24, 2.45) is 0 Å². The summed E-state index contributed by atoms with van der Waals surface area (Å²) in [5, 5.41) is 11.3. The molecule has 2 aromatic carbocycles. The van der Waals surface area contributed by atoms with Crippen molar-refractivity contribution in [3.63, 3.8) is 0 Å². The lowest BCUT2D eigenvalue weighted by Gasteiger charge is -2.08. The third-order valence-electron chi connectivity index (χ3n) is 2.55. The number of nitrogens with two attached hydrogens (primary N) is 1. The fourth-order valence-electron chi connectivity index (χ4n) is 1.55. The average molecular weight is 279 g/mol. The summed E-state index contributed by atoms with van der Waals surface area (Å²) in [5.41, 5.74) is 6.25. The second-order valence-electron chi connectivity index (χ2n) is 3.86. The van der Waals surface area contributed by atoms with Crippen LogP contribution in [0.4, 0.5) is 11.4 Å². The van der Waals surface area contributed by atoms with Gasteiger partial charge in [-0.1, -0.05) is 29.8 Å². The molecule has 0 aliphatic heterocycles. The molecule has 0 aromatic heterocycles. The maximum absolute atomic E-state index is 10.8. The molecule has 0 saturated carbocycles. The van der Waals surface area contributed by atoms with Crippen LogP contribution in [-0.4, -0.2) is 4.92 Å². The van der Waals surface area contributed by atoms with Crippen molar-refractivity contribution in [1.29, 1.82) is 0 Å². The van der Waals surface area contributed by atoms with Crippen molar-refractivity contribution in [1.82, 2.24) is 0 Å². The number of hydrogen-bond acceptors (Lipinski definition) is 4. The molecule has 2 rings (SSSR count). The van der Waals surface area contributed by atoms with Crippen molar-refractivity contribution >= 4 is 23.0 Å². The van der Waals surface area contributed by atoms with Gasteiger partial charge in [-0.05, 0) is 18.2 Å². The Morgan fingerprint density at radius 1 is 1.26 bits per heavy atom. The number of ether oxygens (including phenoxy) is 1. The second kappa shape index (κ2) is 5.58. The molecule has 98 valence electrons. The van der Waals surface area contributed by atoms with Crippen molar-refractivity contribution in [2.75, 3.05) is 5.73 Å². The Hall–Kier alpha value is -2.27. The van der Waals surface area contributed by atoms with E-state index >= 15 is 0 Å². The summed E-state index contributed by atoms with van der Waals surface area (Å²) in [4.78, 5) is 10.2. The average Bonchev–Trinajstić information content (AvgIpc) is 2.39. The van der Waals surface area contributed by atoms with E-state index in [1.54, 1.807) is 12.1 Å². The highest BCUT2D eigenvalue weighted by molar-refractivity contribution is 6.31. The first kappa shape index (κ1) is 13.2. The molecule has 0 heterocycles. The molecule has 0 radical (unpaired) electrons. The molecule has 0 amide bonds. The van der Waals surface area contributed by atoms with Gasteiger partial charge in [0, 0.05) is 10.6 Å². The summed E-state index contributed by atoms with van der Waals surface area (Å²) in [7, 11) is 0. The molecule has 19 heavy (non-hydrogen) atoms. The van der Waals surface area contributed by atoms with E-state index in [4.69, 9.17) is 22.1 Å².